The number of aliphatic carboxylic acids is 1. The second-order valence-electron chi connectivity index (χ2n) is 3.97. The summed E-state index contributed by atoms with van der Waals surface area (Å²) in [5.74, 6) is -3.13. The highest BCUT2D eigenvalue weighted by atomic mass is 79.9. The van der Waals surface area contributed by atoms with Crippen LogP contribution in [0.25, 0.3) is 0 Å². The number of carboxylic acid groups (broad SMARTS) is 1. The quantitative estimate of drug-likeness (QED) is 0.727. The molecule has 7 nitrogen and oxygen atoms in total. The Balaban J connectivity index is 2.68. The summed E-state index contributed by atoms with van der Waals surface area (Å²) in [7, 11) is 0. The van der Waals surface area contributed by atoms with Gasteiger partial charge in [0.1, 0.15) is 24.7 Å². The number of hydrogen-bond donors (Lipinski definition) is 2. The van der Waals surface area contributed by atoms with E-state index in [1.54, 1.807) is 0 Å². The number of halogens is 2. The Morgan fingerprint density at radius 1 is 1.33 bits per heavy atom. The van der Waals surface area contributed by atoms with Gasteiger partial charge in [0, 0.05) is 0 Å². The van der Waals surface area contributed by atoms with Gasteiger partial charge in [-0.2, -0.15) is 0 Å². The van der Waals surface area contributed by atoms with E-state index in [2.05, 4.69) is 15.9 Å². The fraction of sp³-hybridized carbons (Fsp3) is 0.250. The molecule has 1 aromatic rings. The summed E-state index contributed by atoms with van der Waals surface area (Å²) >= 11 is 3.06. The number of primary amides is 1. The molecule has 21 heavy (non-hydrogen) atoms. The number of amides is 2. The summed E-state index contributed by atoms with van der Waals surface area (Å²) in [6, 6.07) is 3.60. The average Bonchev–Trinajstić information content (AvgIpc) is 2.35. The Morgan fingerprint density at radius 3 is 2.52 bits per heavy atom. The van der Waals surface area contributed by atoms with Crippen molar-refractivity contribution in [3.05, 3.63) is 28.5 Å². The van der Waals surface area contributed by atoms with Gasteiger partial charge < -0.3 is 20.5 Å². The SMILES string of the molecule is NC(=O)CN(CC(=O)O)C(=O)COc1ccc(F)cc1Br. The Morgan fingerprint density at radius 2 is 2.00 bits per heavy atom. The lowest BCUT2D eigenvalue weighted by Crippen LogP contribution is -2.43. The van der Waals surface area contributed by atoms with E-state index >= 15 is 0 Å². The monoisotopic (exact) mass is 362 g/mol. The van der Waals surface area contributed by atoms with Crippen molar-refractivity contribution in [1.29, 1.82) is 0 Å². The van der Waals surface area contributed by atoms with Crippen LogP contribution >= 0.6 is 15.9 Å². The van der Waals surface area contributed by atoms with E-state index in [1.807, 2.05) is 0 Å². The minimum absolute atomic E-state index is 0.208. The number of nitrogens with two attached hydrogens (primary N) is 1. The van der Waals surface area contributed by atoms with Gasteiger partial charge in [-0.3, -0.25) is 14.4 Å². The maximum Gasteiger partial charge on any atom is 0.323 e. The van der Waals surface area contributed by atoms with Gasteiger partial charge in [-0.1, -0.05) is 0 Å². The smallest absolute Gasteiger partial charge is 0.323 e. The molecule has 0 saturated heterocycles. The summed E-state index contributed by atoms with van der Waals surface area (Å²) in [5, 5.41) is 8.67. The Labute approximate surface area is 127 Å². The molecule has 0 aliphatic carbocycles. The van der Waals surface area contributed by atoms with Gasteiger partial charge >= 0.3 is 5.97 Å². The summed E-state index contributed by atoms with van der Waals surface area (Å²) in [6.07, 6.45) is 0. The third-order valence-electron chi connectivity index (χ3n) is 2.27. The van der Waals surface area contributed by atoms with Gasteiger partial charge in [0.2, 0.25) is 5.91 Å². The predicted molar refractivity (Wildman–Crippen MR) is 73.0 cm³/mol. The molecule has 0 atom stereocenters. The fourth-order valence-electron chi connectivity index (χ4n) is 1.41. The van der Waals surface area contributed by atoms with Crippen molar-refractivity contribution in [2.45, 2.75) is 0 Å². The molecule has 0 bridgehead atoms. The van der Waals surface area contributed by atoms with E-state index in [4.69, 9.17) is 15.6 Å². The van der Waals surface area contributed by atoms with Gasteiger partial charge in [-0.05, 0) is 34.1 Å². The number of carbonyl (C=O) groups excluding carboxylic acids is 2. The molecule has 1 rings (SSSR count). The molecule has 0 heterocycles. The zero-order valence-electron chi connectivity index (χ0n) is 10.7. The zero-order valence-corrected chi connectivity index (χ0v) is 12.3. The number of carbonyl (C=O) groups is 3. The van der Waals surface area contributed by atoms with Crippen molar-refractivity contribution in [3.8, 4) is 5.75 Å². The molecular weight excluding hydrogens is 351 g/mol. The summed E-state index contributed by atoms with van der Waals surface area (Å²) < 4.78 is 18.3. The first-order chi connectivity index (χ1) is 9.79. The highest BCUT2D eigenvalue weighted by molar-refractivity contribution is 9.10. The standard InChI is InChI=1S/C12H12BrFN2O5/c13-8-3-7(14)1-2-9(8)21-6-11(18)16(4-10(15)17)5-12(19)20/h1-3H,4-6H2,(H2,15,17)(H,19,20). The van der Waals surface area contributed by atoms with Crippen LogP contribution in [0.3, 0.4) is 0 Å². The normalized spacial score (nSPS) is 10.0. The largest absolute Gasteiger partial charge is 0.483 e. The van der Waals surface area contributed by atoms with Crippen LogP contribution in [0, 0.1) is 5.82 Å². The van der Waals surface area contributed by atoms with E-state index in [1.165, 1.54) is 6.07 Å². The fourth-order valence-corrected chi connectivity index (χ4v) is 1.87. The molecule has 0 radical (unpaired) electrons. The lowest BCUT2D eigenvalue weighted by molar-refractivity contribution is -0.146. The first-order valence-corrected chi connectivity index (χ1v) is 6.44. The number of rotatable bonds is 7. The van der Waals surface area contributed by atoms with E-state index in [0.717, 1.165) is 17.0 Å². The van der Waals surface area contributed by atoms with Crippen LogP contribution in [0.4, 0.5) is 4.39 Å². The molecule has 0 unspecified atom stereocenters. The van der Waals surface area contributed by atoms with E-state index in [0.29, 0.717) is 4.47 Å². The van der Waals surface area contributed by atoms with Gasteiger partial charge in [0.15, 0.2) is 6.61 Å². The van der Waals surface area contributed by atoms with Crippen molar-refractivity contribution in [1.82, 2.24) is 4.90 Å². The Bertz CT molecular complexity index is 551. The van der Waals surface area contributed by atoms with Crippen LogP contribution in [0.2, 0.25) is 0 Å². The van der Waals surface area contributed by atoms with Crippen molar-refractivity contribution >= 4 is 33.7 Å². The summed E-state index contributed by atoms with van der Waals surface area (Å²) in [4.78, 5) is 34.0. The van der Waals surface area contributed by atoms with E-state index < -0.39 is 43.3 Å². The highest BCUT2D eigenvalue weighted by Gasteiger charge is 2.19. The van der Waals surface area contributed by atoms with Crippen LogP contribution in [-0.2, 0) is 14.4 Å². The number of hydrogen-bond acceptors (Lipinski definition) is 4. The number of ether oxygens (including phenoxy) is 1. The van der Waals surface area contributed by atoms with Gasteiger partial charge in [-0.15, -0.1) is 0 Å². The minimum atomic E-state index is -1.28. The van der Waals surface area contributed by atoms with E-state index in [9.17, 15) is 18.8 Å². The molecule has 2 amide bonds. The van der Waals surface area contributed by atoms with Crippen LogP contribution in [-0.4, -0.2) is 47.5 Å². The summed E-state index contributed by atoms with van der Waals surface area (Å²) in [5.41, 5.74) is 4.94. The molecule has 0 aromatic heterocycles. The molecule has 0 fully saturated rings. The van der Waals surface area contributed by atoms with Gasteiger partial charge in [-0.25, -0.2) is 4.39 Å². The van der Waals surface area contributed by atoms with Crippen LogP contribution in [0.5, 0.6) is 5.75 Å². The predicted octanol–water partition coefficient (Wildman–Crippen LogP) is 0.366. The van der Waals surface area contributed by atoms with E-state index in [-0.39, 0.29) is 5.75 Å². The van der Waals surface area contributed by atoms with Crippen LogP contribution < -0.4 is 10.5 Å². The van der Waals surface area contributed by atoms with Crippen LogP contribution in [0.1, 0.15) is 0 Å². The third kappa shape index (κ3) is 5.78. The number of benzene rings is 1. The van der Waals surface area contributed by atoms with Crippen molar-refractivity contribution < 1.29 is 28.6 Å². The number of carboxylic acids is 1. The summed E-state index contributed by atoms with van der Waals surface area (Å²) in [6.45, 7) is -1.71. The Hall–Kier alpha value is -2.16. The molecule has 1 aromatic carbocycles. The highest BCUT2D eigenvalue weighted by Crippen LogP contribution is 2.25. The van der Waals surface area contributed by atoms with Crippen molar-refractivity contribution in [3.63, 3.8) is 0 Å². The minimum Gasteiger partial charge on any atom is -0.483 e. The topological polar surface area (TPSA) is 110 Å². The molecule has 0 aliphatic rings. The lowest BCUT2D eigenvalue weighted by atomic mass is 10.3. The molecule has 9 heteroatoms. The maximum atomic E-state index is 12.9. The second kappa shape index (κ2) is 7.58. The average molecular weight is 363 g/mol. The molecule has 0 aliphatic heterocycles. The molecule has 0 saturated carbocycles. The third-order valence-corrected chi connectivity index (χ3v) is 2.89. The van der Waals surface area contributed by atoms with Gasteiger partial charge in [0.05, 0.1) is 4.47 Å². The molecule has 3 N–H and O–H groups in total. The van der Waals surface area contributed by atoms with Crippen molar-refractivity contribution in [2.24, 2.45) is 5.73 Å². The Kier molecular flexibility index (Phi) is 6.10. The maximum absolute atomic E-state index is 12.9. The van der Waals surface area contributed by atoms with Crippen molar-refractivity contribution in [2.75, 3.05) is 19.7 Å². The zero-order chi connectivity index (χ0) is 16.0. The second-order valence-corrected chi connectivity index (χ2v) is 4.83. The first-order valence-electron chi connectivity index (χ1n) is 5.65. The first kappa shape index (κ1) is 16.9. The van der Waals surface area contributed by atoms with Gasteiger partial charge in [0.25, 0.3) is 5.91 Å². The van der Waals surface area contributed by atoms with Crippen LogP contribution in [0.15, 0.2) is 22.7 Å². The molecular formula is C12H12BrFN2O5. The number of nitrogens with zero attached hydrogens (tertiary/aromatic N) is 1. The lowest BCUT2D eigenvalue weighted by Gasteiger charge is -2.19. The molecule has 0 spiro atoms. The molecule has 114 valence electrons.